The maximum absolute atomic E-state index is 4.24. The van der Waals surface area contributed by atoms with E-state index in [0.717, 1.165) is 12.5 Å². The normalized spacial score (nSPS) is 13.5. The zero-order valence-corrected chi connectivity index (χ0v) is 16.9. The second-order valence-corrected chi connectivity index (χ2v) is 6.39. The number of hydrogen-bond donors (Lipinski definition) is 3. The van der Waals surface area contributed by atoms with Crippen molar-refractivity contribution in [3.63, 3.8) is 0 Å². The molecular weight excluding hydrogens is 387 g/mol. The minimum absolute atomic E-state index is 0. The Morgan fingerprint density at radius 3 is 2.23 bits per heavy atom. The minimum Gasteiger partial charge on any atom is -0.355 e. The molecule has 22 heavy (non-hydrogen) atoms. The second kappa shape index (κ2) is 10.0. The van der Waals surface area contributed by atoms with Gasteiger partial charge in [-0.05, 0) is 40.2 Å². The Kier molecular flexibility index (Phi) is 9.67. The molecule has 1 atom stereocenters. The van der Waals surface area contributed by atoms with E-state index in [4.69, 9.17) is 0 Å². The van der Waals surface area contributed by atoms with Gasteiger partial charge in [0.2, 0.25) is 0 Å². The minimum atomic E-state index is -0.0378. The molecule has 126 valence electrons. The third kappa shape index (κ3) is 7.98. The Morgan fingerprint density at radius 2 is 1.73 bits per heavy atom. The van der Waals surface area contributed by atoms with Crippen LogP contribution in [0.25, 0.3) is 0 Å². The Labute approximate surface area is 152 Å². The number of halogens is 1. The van der Waals surface area contributed by atoms with E-state index in [-0.39, 0.29) is 29.5 Å². The molecule has 1 unspecified atom stereocenters. The predicted molar refractivity (Wildman–Crippen MR) is 107 cm³/mol. The molecule has 0 aliphatic rings. The molecular formula is C17H31IN4. The fourth-order valence-electron chi connectivity index (χ4n) is 2.23. The topological polar surface area (TPSA) is 48.5 Å². The van der Waals surface area contributed by atoms with Crippen molar-refractivity contribution in [3.05, 3.63) is 35.9 Å². The largest absolute Gasteiger partial charge is 0.355 e. The first kappa shape index (κ1) is 21.2. The van der Waals surface area contributed by atoms with Crippen LogP contribution in [0.2, 0.25) is 0 Å². The Hall–Kier alpha value is -0.820. The molecule has 1 aromatic rings. The standard InChI is InChI=1S/C17H30N4.HI/c1-13(2)20-16(18-6)19-12-17(4,5)21-14(3)15-10-8-7-9-11-15;/h7-11,13-14,21H,12H2,1-6H3,(H2,18,19,20);1H. The fourth-order valence-corrected chi connectivity index (χ4v) is 2.23. The van der Waals surface area contributed by atoms with Crippen molar-refractivity contribution >= 4 is 29.9 Å². The first-order valence-electron chi connectivity index (χ1n) is 7.64. The van der Waals surface area contributed by atoms with Crippen LogP contribution in [0.5, 0.6) is 0 Å². The van der Waals surface area contributed by atoms with Gasteiger partial charge >= 0.3 is 0 Å². The van der Waals surface area contributed by atoms with E-state index in [0.29, 0.717) is 12.1 Å². The van der Waals surface area contributed by atoms with Crippen LogP contribution in [0, 0.1) is 0 Å². The number of benzene rings is 1. The van der Waals surface area contributed by atoms with Gasteiger partial charge < -0.3 is 16.0 Å². The van der Waals surface area contributed by atoms with E-state index in [1.165, 1.54) is 5.56 Å². The summed E-state index contributed by atoms with van der Waals surface area (Å²) in [6.07, 6.45) is 0. The summed E-state index contributed by atoms with van der Waals surface area (Å²) in [6.45, 7) is 11.6. The van der Waals surface area contributed by atoms with Crippen molar-refractivity contribution in [2.24, 2.45) is 4.99 Å². The van der Waals surface area contributed by atoms with Crippen LogP contribution in [0.15, 0.2) is 35.3 Å². The quantitative estimate of drug-likeness (QED) is 0.378. The van der Waals surface area contributed by atoms with Gasteiger partial charge in [0.25, 0.3) is 0 Å². The summed E-state index contributed by atoms with van der Waals surface area (Å²) in [4.78, 5) is 4.24. The fraction of sp³-hybridized carbons (Fsp3) is 0.588. The highest BCUT2D eigenvalue weighted by Gasteiger charge is 2.21. The lowest BCUT2D eigenvalue weighted by Crippen LogP contribution is -2.52. The van der Waals surface area contributed by atoms with Gasteiger partial charge in [0.15, 0.2) is 5.96 Å². The van der Waals surface area contributed by atoms with Crippen LogP contribution in [-0.4, -0.2) is 31.1 Å². The van der Waals surface area contributed by atoms with Crippen molar-refractivity contribution in [3.8, 4) is 0 Å². The lowest BCUT2D eigenvalue weighted by Gasteiger charge is -2.31. The summed E-state index contributed by atoms with van der Waals surface area (Å²) in [5.41, 5.74) is 1.26. The summed E-state index contributed by atoms with van der Waals surface area (Å²) < 4.78 is 0. The lowest BCUT2D eigenvalue weighted by molar-refractivity contribution is 0.344. The van der Waals surface area contributed by atoms with Crippen molar-refractivity contribution in [2.75, 3.05) is 13.6 Å². The molecule has 0 aromatic heterocycles. The van der Waals surface area contributed by atoms with Gasteiger partial charge in [-0.25, -0.2) is 0 Å². The van der Waals surface area contributed by atoms with E-state index in [1.54, 1.807) is 7.05 Å². The average Bonchev–Trinajstić information content (AvgIpc) is 2.43. The highest BCUT2D eigenvalue weighted by atomic mass is 127. The Bertz CT molecular complexity index is 443. The van der Waals surface area contributed by atoms with Crippen molar-refractivity contribution < 1.29 is 0 Å². The molecule has 0 saturated heterocycles. The van der Waals surface area contributed by atoms with Gasteiger partial charge in [-0.1, -0.05) is 30.3 Å². The smallest absolute Gasteiger partial charge is 0.191 e. The van der Waals surface area contributed by atoms with E-state index >= 15 is 0 Å². The zero-order chi connectivity index (χ0) is 15.9. The molecule has 0 saturated carbocycles. The van der Waals surface area contributed by atoms with Gasteiger partial charge in [-0.3, -0.25) is 4.99 Å². The molecule has 0 aliphatic carbocycles. The van der Waals surface area contributed by atoms with Crippen LogP contribution in [0.3, 0.4) is 0 Å². The summed E-state index contributed by atoms with van der Waals surface area (Å²) in [5.74, 6) is 0.840. The van der Waals surface area contributed by atoms with Crippen LogP contribution in [0.4, 0.5) is 0 Å². The van der Waals surface area contributed by atoms with E-state index in [9.17, 15) is 0 Å². The maximum atomic E-state index is 4.24. The molecule has 0 spiro atoms. The molecule has 0 fully saturated rings. The zero-order valence-electron chi connectivity index (χ0n) is 14.6. The lowest BCUT2D eigenvalue weighted by atomic mass is 10.0. The van der Waals surface area contributed by atoms with Crippen LogP contribution in [-0.2, 0) is 0 Å². The molecule has 0 amide bonds. The summed E-state index contributed by atoms with van der Waals surface area (Å²) in [5, 5.41) is 10.3. The molecule has 0 bridgehead atoms. The molecule has 1 rings (SSSR count). The van der Waals surface area contributed by atoms with Crippen LogP contribution < -0.4 is 16.0 Å². The van der Waals surface area contributed by atoms with Crippen LogP contribution >= 0.6 is 24.0 Å². The highest BCUT2D eigenvalue weighted by Crippen LogP contribution is 2.15. The second-order valence-electron chi connectivity index (χ2n) is 6.39. The Morgan fingerprint density at radius 1 is 1.14 bits per heavy atom. The molecule has 5 heteroatoms. The summed E-state index contributed by atoms with van der Waals surface area (Å²) in [6, 6.07) is 11.2. The van der Waals surface area contributed by atoms with Crippen LogP contribution in [0.1, 0.15) is 46.2 Å². The van der Waals surface area contributed by atoms with Gasteiger partial charge in [0.05, 0.1) is 0 Å². The molecule has 0 heterocycles. The van der Waals surface area contributed by atoms with E-state index in [2.05, 4.69) is 79.8 Å². The molecule has 4 nitrogen and oxygen atoms in total. The summed E-state index contributed by atoms with van der Waals surface area (Å²) >= 11 is 0. The predicted octanol–water partition coefficient (Wildman–Crippen LogP) is 3.31. The molecule has 0 aliphatic heterocycles. The van der Waals surface area contributed by atoms with Gasteiger partial charge in [-0.2, -0.15) is 0 Å². The number of hydrogen-bond acceptors (Lipinski definition) is 2. The molecule has 0 radical (unpaired) electrons. The van der Waals surface area contributed by atoms with E-state index < -0.39 is 0 Å². The maximum Gasteiger partial charge on any atom is 0.191 e. The van der Waals surface area contributed by atoms with Crippen molar-refractivity contribution in [1.29, 1.82) is 0 Å². The number of guanidine groups is 1. The first-order chi connectivity index (χ1) is 9.84. The van der Waals surface area contributed by atoms with Gasteiger partial charge in [0.1, 0.15) is 0 Å². The summed E-state index contributed by atoms with van der Waals surface area (Å²) in [7, 11) is 1.80. The third-order valence-corrected chi connectivity index (χ3v) is 3.25. The van der Waals surface area contributed by atoms with Crippen molar-refractivity contribution in [1.82, 2.24) is 16.0 Å². The molecule has 1 aromatic carbocycles. The van der Waals surface area contributed by atoms with Crippen molar-refractivity contribution in [2.45, 2.75) is 52.2 Å². The number of rotatable bonds is 6. The monoisotopic (exact) mass is 418 g/mol. The number of nitrogens with one attached hydrogen (secondary N) is 3. The molecule has 3 N–H and O–H groups in total. The Balaban J connectivity index is 0.00000441. The van der Waals surface area contributed by atoms with E-state index in [1.807, 2.05) is 6.07 Å². The van der Waals surface area contributed by atoms with Gasteiger partial charge in [0, 0.05) is 31.2 Å². The average molecular weight is 418 g/mol. The van der Waals surface area contributed by atoms with Gasteiger partial charge in [-0.15, -0.1) is 24.0 Å². The number of nitrogens with zero attached hydrogens (tertiary/aromatic N) is 1. The highest BCUT2D eigenvalue weighted by molar-refractivity contribution is 14.0. The number of aliphatic imine (C=N–C) groups is 1. The third-order valence-electron chi connectivity index (χ3n) is 3.25. The SMILES string of the molecule is CN=C(NCC(C)(C)NC(C)c1ccccc1)NC(C)C.I. The first-order valence-corrected chi connectivity index (χ1v) is 7.64.